The van der Waals surface area contributed by atoms with Gasteiger partial charge >= 0.3 is 14.3 Å². The molecule has 0 aliphatic carbocycles. The molecule has 3 aromatic rings. The first-order valence-electron chi connectivity index (χ1n) is 8.75. The average molecular weight is 434 g/mol. The van der Waals surface area contributed by atoms with Gasteiger partial charge in [0.2, 0.25) is 5.82 Å². The molecule has 0 saturated carbocycles. The lowest BCUT2D eigenvalue weighted by molar-refractivity contribution is 0.103. The van der Waals surface area contributed by atoms with Gasteiger partial charge in [0, 0.05) is 17.3 Å². The van der Waals surface area contributed by atoms with Crippen molar-refractivity contribution >= 4 is 20.0 Å². The molecule has 1 fully saturated rings. The fourth-order valence-corrected chi connectivity index (χ4v) is 3.29. The van der Waals surface area contributed by atoms with Gasteiger partial charge in [-0.25, -0.2) is 9.18 Å². The maximum Gasteiger partial charge on any atom is 0.414 e. The van der Waals surface area contributed by atoms with Gasteiger partial charge in [-0.05, 0) is 29.5 Å². The molecule has 13 heteroatoms. The van der Waals surface area contributed by atoms with Gasteiger partial charge < -0.3 is 14.2 Å². The highest BCUT2D eigenvalue weighted by Crippen LogP contribution is 2.30. The third-order valence-electron chi connectivity index (χ3n) is 4.34. The molecular weight excluding hydrogens is 418 g/mol. The lowest BCUT2D eigenvalue weighted by Gasteiger charge is -2.14. The lowest BCUT2D eigenvalue weighted by atomic mass is 10.1. The Bertz CT molecular complexity index is 1110. The number of aromatic nitrogens is 5. The van der Waals surface area contributed by atoms with Crippen LogP contribution >= 0.6 is 8.25 Å². The van der Waals surface area contributed by atoms with Crippen LogP contribution < -0.4 is 4.90 Å². The molecule has 0 bridgehead atoms. The highest BCUT2D eigenvalue weighted by atomic mass is 31.1. The minimum absolute atomic E-state index is 0.0775. The molecule has 30 heavy (non-hydrogen) atoms. The molecule has 156 valence electrons. The number of aryl methyl sites for hydroxylation is 1. The van der Waals surface area contributed by atoms with Crippen LogP contribution in [0.15, 0.2) is 36.5 Å². The highest BCUT2D eigenvalue weighted by molar-refractivity contribution is 7.32. The summed E-state index contributed by atoms with van der Waals surface area (Å²) in [7, 11) is -1.48. The zero-order valence-electron chi connectivity index (χ0n) is 15.6. The van der Waals surface area contributed by atoms with Gasteiger partial charge in [0.1, 0.15) is 17.6 Å². The number of rotatable bonds is 6. The monoisotopic (exact) mass is 434 g/mol. The fraction of sp³-hybridized carbons (Fsp3) is 0.235. The smallest absolute Gasteiger partial charge is 0.414 e. The van der Waals surface area contributed by atoms with Crippen LogP contribution in [0.2, 0.25) is 0 Å². The maximum absolute atomic E-state index is 14.8. The molecule has 2 atom stereocenters. The summed E-state index contributed by atoms with van der Waals surface area (Å²) in [5.74, 6) is -0.190. The molecule has 1 aromatic carbocycles. The number of tetrazole rings is 1. The third kappa shape index (κ3) is 4.20. The number of ether oxygens (including phenoxy) is 1. The second kappa shape index (κ2) is 8.27. The molecule has 1 aliphatic rings. The van der Waals surface area contributed by atoms with Crippen molar-refractivity contribution in [1.29, 1.82) is 0 Å². The number of cyclic esters (lactones) is 1. The first kappa shape index (κ1) is 20.1. The summed E-state index contributed by atoms with van der Waals surface area (Å²) in [4.78, 5) is 27.6. The number of anilines is 1. The predicted molar refractivity (Wildman–Crippen MR) is 102 cm³/mol. The zero-order valence-corrected chi connectivity index (χ0v) is 16.6. The second-order valence-corrected chi connectivity index (χ2v) is 7.21. The van der Waals surface area contributed by atoms with Gasteiger partial charge in [-0.15, -0.1) is 10.2 Å². The van der Waals surface area contributed by atoms with Crippen LogP contribution in [0.3, 0.4) is 0 Å². The van der Waals surface area contributed by atoms with E-state index in [4.69, 9.17) is 9.63 Å². The van der Waals surface area contributed by atoms with E-state index in [2.05, 4.69) is 24.9 Å². The molecular formula is C17H16FN6O5P. The quantitative estimate of drug-likeness (QED) is 0.577. The molecule has 1 N–H and O–H groups in total. The van der Waals surface area contributed by atoms with Crippen molar-refractivity contribution in [3.63, 3.8) is 0 Å². The van der Waals surface area contributed by atoms with Crippen molar-refractivity contribution in [2.75, 3.05) is 18.1 Å². The predicted octanol–water partition coefficient (Wildman–Crippen LogP) is 1.80. The number of amides is 1. The van der Waals surface area contributed by atoms with E-state index in [0.717, 1.165) is 0 Å². The molecule has 3 heterocycles. The van der Waals surface area contributed by atoms with E-state index in [1.54, 1.807) is 25.2 Å². The Morgan fingerprint density at radius 3 is 2.83 bits per heavy atom. The van der Waals surface area contributed by atoms with Crippen molar-refractivity contribution in [3.8, 4) is 22.6 Å². The number of nitrogens with zero attached hydrogens (tertiary/aromatic N) is 6. The SMILES string of the molecule is Cn1nnc(-c2ccc(-c3ccc(N4C[C@H](CO[PH](=O)O)OC4=O)cc3F)cn2)n1. The average Bonchev–Trinajstić information content (AvgIpc) is 3.32. The number of pyridine rings is 1. The van der Waals surface area contributed by atoms with Crippen molar-refractivity contribution in [3.05, 3.63) is 42.3 Å². The Balaban J connectivity index is 1.51. The largest absolute Gasteiger partial charge is 0.441 e. The van der Waals surface area contributed by atoms with Crippen LogP contribution in [-0.2, 0) is 20.9 Å². The summed E-state index contributed by atoms with van der Waals surface area (Å²) in [6.07, 6.45) is 0.0989. The van der Waals surface area contributed by atoms with Gasteiger partial charge in [-0.2, -0.15) is 4.80 Å². The van der Waals surface area contributed by atoms with Crippen LogP contribution in [0.1, 0.15) is 0 Å². The van der Waals surface area contributed by atoms with Crippen molar-refractivity contribution in [2.24, 2.45) is 7.05 Å². The topological polar surface area (TPSA) is 133 Å². The van der Waals surface area contributed by atoms with E-state index in [1.165, 1.54) is 28.0 Å². The zero-order chi connectivity index (χ0) is 21.3. The number of benzene rings is 1. The summed E-state index contributed by atoms with van der Waals surface area (Å²) in [6, 6.07) is 7.68. The number of carbonyl (C=O) groups excluding carboxylic acids is 1. The van der Waals surface area contributed by atoms with Crippen LogP contribution in [-0.4, -0.2) is 55.4 Å². The normalized spacial score (nSPS) is 17.2. The minimum atomic E-state index is -3.12. The van der Waals surface area contributed by atoms with Crippen molar-refractivity contribution in [2.45, 2.75) is 6.10 Å². The van der Waals surface area contributed by atoms with E-state index in [9.17, 15) is 13.8 Å². The Labute approximate surface area is 170 Å². The maximum atomic E-state index is 14.8. The van der Waals surface area contributed by atoms with Crippen LogP contribution in [0.5, 0.6) is 0 Å². The molecule has 1 saturated heterocycles. The van der Waals surface area contributed by atoms with E-state index >= 15 is 0 Å². The molecule has 1 unspecified atom stereocenters. The Hall–Kier alpha value is -3.21. The van der Waals surface area contributed by atoms with Gasteiger partial charge in [0.05, 0.1) is 25.9 Å². The molecule has 0 spiro atoms. The number of hydrogen-bond acceptors (Lipinski definition) is 8. The second-order valence-electron chi connectivity index (χ2n) is 6.39. The number of carbonyl (C=O) groups is 1. The summed E-state index contributed by atoms with van der Waals surface area (Å²) < 4.78 is 35.1. The minimum Gasteiger partial charge on any atom is -0.441 e. The Morgan fingerprint density at radius 1 is 1.37 bits per heavy atom. The molecule has 1 amide bonds. The fourth-order valence-electron chi connectivity index (χ4n) is 2.96. The number of hydrogen-bond donors (Lipinski definition) is 1. The lowest BCUT2D eigenvalue weighted by Crippen LogP contribution is -2.25. The molecule has 2 aromatic heterocycles. The van der Waals surface area contributed by atoms with Gasteiger partial charge in [0.25, 0.3) is 0 Å². The summed E-state index contributed by atoms with van der Waals surface area (Å²) in [5.41, 5.74) is 1.64. The van der Waals surface area contributed by atoms with Crippen molar-refractivity contribution in [1.82, 2.24) is 25.2 Å². The molecule has 0 radical (unpaired) electrons. The van der Waals surface area contributed by atoms with E-state index in [0.29, 0.717) is 28.3 Å². The van der Waals surface area contributed by atoms with Crippen LogP contribution in [0.4, 0.5) is 14.9 Å². The van der Waals surface area contributed by atoms with Gasteiger partial charge in [-0.3, -0.25) is 14.4 Å². The molecule has 11 nitrogen and oxygen atoms in total. The summed E-state index contributed by atoms with van der Waals surface area (Å²) >= 11 is 0. The van der Waals surface area contributed by atoms with Crippen molar-refractivity contribution < 1.29 is 27.9 Å². The summed E-state index contributed by atoms with van der Waals surface area (Å²) in [6.45, 7) is -0.135. The molecule has 1 aliphatic heterocycles. The highest BCUT2D eigenvalue weighted by Gasteiger charge is 2.33. The third-order valence-corrected chi connectivity index (χ3v) is 4.76. The van der Waals surface area contributed by atoms with Crippen LogP contribution in [0, 0.1) is 5.82 Å². The Kier molecular flexibility index (Phi) is 5.53. The summed E-state index contributed by atoms with van der Waals surface area (Å²) in [5, 5.41) is 11.7. The van der Waals surface area contributed by atoms with E-state index < -0.39 is 26.3 Å². The van der Waals surface area contributed by atoms with Crippen LogP contribution in [0.25, 0.3) is 22.6 Å². The number of halogens is 1. The van der Waals surface area contributed by atoms with Gasteiger partial charge in [-0.1, -0.05) is 6.07 Å². The molecule has 4 rings (SSSR count). The van der Waals surface area contributed by atoms with E-state index in [-0.39, 0.29) is 13.2 Å². The van der Waals surface area contributed by atoms with E-state index in [1.807, 2.05) is 0 Å². The first-order chi connectivity index (χ1) is 14.4. The Morgan fingerprint density at radius 2 is 2.20 bits per heavy atom. The van der Waals surface area contributed by atoms with Gasteiger partial charge in [0.15, 0.2) is 0 Å². The standard InChI is InChI=1S/C17H16FN6O5P/c1-23-21-16(20-22-23)15-5-2-10(7-19-15)13-4-3-11(6-14(13)18)24-8-12(29-17(24)25)9-28-30(26)27/h2-7,12,30H,8-9H2,1H3,(H,26,27)/t12-/m1/s1. The first-order valence-corrected chi connectivity index (χ1v) is 10.0.